The highest BCUT2D eigenvalue weighted by molar-refractivity contribution is 5.76. The van der Waals surface area contributed by atoms with Crippen molar-refractivity contribution in [1.29, 1.82) is 0 Å². The lowest BCUT2D eigenvalue weighted by molar-refractivity contribution is -0.132. The summed E-state index contributed by atoms with van der Waals surface area (Å²) in [6.07, 6.45) is 1.25. The van der Waals surface area contributed by atoms with Gasteiger partial charge in [-0.2, -0.15) is 0 Å². The summed E-state index contributed by atoms with van der Waals surface area (Å²) in [5.41, 5.74) is 4.01. The topological polar surface area (TPSA) is 67.8 Å². The van der Waals surface area contributed by atoms with E-state index in [4.69, 9.17) is 19.4 Å². The molecule has 4 rings (SSSR count). The van der Waals surface area contributed by atoms with Crippen molar-refractivity contribution in [1.82, 2.24) is 14.9 Å². The first-order valence-corrected chi connectivity index (χ1v) is 12.6. The highest BCUT2D eigenvalue weighted by Gasteiger charge is 2.26. The molecule has 1 saturated heterocycles. The molecule has 7 nitrogen and oxygen atoms in total. The van der Waals surface area contributed by atoms with E-state index in [1.165, 1.54) is 0 Å². The summed E-state index contributed by atoms with van der Waals surface area (Å²) in [5, 5.41) is 0. The SMILES string of the molecule is COCc1nc(-c2ccccc2)nc(N2CCN(C(=O)CC(C)C)CC2)c1Cc1cccc(OC)c1. The minimum atomic E-state index is 0.231. The van der Waals surface area contributed by atoms with E-state index in [1.807, 2.05) is 53.4 Å². The van der Waals surface area contributed by atoms with Crippen LogP contribution in [0.1, 0.15) is 37.1 Å². The van der Waals surface area contributed by atoms with Crippen LogP contribution in [0.5, 0.6) is 5.75 Å². The maximum atomic E-state index is 12.7. The van der Waals surface area contributed by atoms with Crippen LogP contribution in [0.15, 0.2) is 54.6 Å². The van der Waals surface area contributed by atoms with E-state index in [1.54, 1.807) is 14.2 Å². The van der Waals surface area contributed by atoms with Crippen LogP contribution in [-0.4, -0.2) is 61.2 Å². The van der Waals surface area contributed by atoms with Crippen molar-refractivity contribution >= 4 is 11.7 Å². The summed E-state index contributed by atoms with van der Waals surface area (Å²) in [5.74, 6) is 3.01. The number of nitrogens with zero attached hydrogens (tertiary/aromatic N) is 4. The Morgan fingerprint density at radius 1 is 0.972 bits per heavy atom. The fraction of sp³-hybridized carbons (Fsp3) is 0.414. The molecule has 36 heavy (non-hydrogen) atoms. The number of carbonyl (C=O) groups excluding carboxylic acids is 1. The van der Waals surface area contributed by atoms with Gasteiger partial charge in [-0.25, -0.2) is 9.97 Å². The number of ether oxygens (including phenoxy) is 2. The first-order valence-electron chi connectivity index (χ1n) is 12.6. The smallest absolute Gasteiger partial charge is 0.222 e. The van der Waals surface area contributed by atoms with Gasteiger partial charge in [0.05, 0.1) is 19.4 Å². The number of rotatable bonds is 9. The molecule has 1 aromatic heterocycles. The zero-order valence-corrected chi connectivity index (χ0v) is 21.7. The summed E-state index contributed by atoms with van der Waals surface area (Å²) in [6.45, 7) is 7.40. The van der Waals surface area contributed by atoms with Gasteiger partial charge in [0, 0.05) is 57.3 Å². The van der Waals surface area contributed by atoms with Crippen molar-refractivity contribution in [3.8, 4) is 17.1 Å². The molecule has 0 bridgehead atoms. The second kappa shape index (κ2) is 12.0. The van der Waals surface area contributed by atoms with Crippen LogP contribution in [0, 0.1) is 5.92 Å². The highest BCUT2D eigenvalue weighted by Crippen LogP contribution is 2.30. The average molecular weight is 489 g/mol. The van der Waals surface area contributed by atoms with Gasteiger partial charge in [-0.05, 0) is 23.6 Å². The number of benzene rings is 2. The molecule has 0 radical (unpaired) electrons. The van der Waals surface area contributed by atoms with Gasteiger partial charge in [0.2, 0.25) is 5.91 Å². The van der Waals surface area contributed by atoms with Crippen molar-refractivity contribution in [3.05, 3.63) is 71.4 Å². The Morgan fingerprint density at radius 2 is 1.72 bits per heavy atom. The summed E-state index contributed by atoms with van der Waals surface area (Å²) in [4.78, 5) is 27.0. The predicted octanol–water partition coefficient (Wildman–Crippen LogP) is 4.58. The maximum Gasteiger partial charge on any atom is 0.222 e. The summed E-state index contributed by atoms with van der Waals surface area (Å²) in [6, 6.07) is 18.1. The minimum Gasteiger partial charge on any atom is -0.497 e. The van der Waals surface area contributed by atoms with Gasteiger partial charge in [-0.15, -0.1) is 0 Å². The molecule has 2 aromatic carbocycles. The molecule has 0 atom stereocenters. The standard InChI is InChI=1S/C29H36N4O3/c1-21(2)17-27(34)32-13-15-33(16-14-32)29-25(19-22-9-8-12-24(18-22)36-4)26(20-35-3)30-28(31-29)23-10-6-5-7-11-23/h5-12,18,21H,13-17,19-20H2,1-4H3. The van der Waals surface area contributed by atoms with Gasteiger partial charge in [-0.1, -0.05) is 56.3 Å². The fourth-order valence-electron chi connectivity index (χ4n) is 4.56. The Hall–Kier alpha value is -3.45. The highest BCUT2D eigenvalue weighted by atomic mass is 16.5. The second-order valence-electron chi connectivity index (χ2n) is 9.59. The first kappa shape index (κ1) is 25.6. The lowest BCUT2D eigenvalue weighted by Gasteiger charge is -2.37. The van der Waals surface area contributed by atoms with E-state index in [-0.39, 0.29) is 5.91 Å². The number of aromatic nitrogens is 2. The Balaban J connectivity index is 1.71. The quantitative estimate of drug-likeness (QED) is 0.439. The number of piperazine rings is 1. The van der Waals surface area contributed by atoms with Crippen LogP contribution in [0.2, 0.25) is 0 Å². The Bertz CT molecular complexity index is 1160. The van der Waals surface area contributed by atoms with Crippen molar-refractivity contribution in [2.75, 3.05) is 45.3 Å². The van der Waals surface area contributed by atoms with Gasteiger partial charge < -0.3 is 19.3 Å². The molecule has 1 fully saturated rings. The molecule has 0 N–H and O–H groups in total. The minimum absolute atomic E-state index is 0.231. The molecule has 190 valence electrons. The molecule has 1 aliphatic rings. The van der Waals surface area contributed by atoms with E-state index in [2.05, 4.69) is 24.8 Å². The predicted molar refractivity (Wildman–Crippen MR) is 142 cm³/mol. The Kier molecular flexibility index (Phi) is 8.54. The van der Waals surface area contributed by atoms with Crippen LogP contribution < -0.4 is 9.64 Å². The number of anilines is 1. The third-order valence-corrected chi connectivity index (χ3v) is 6.41. The average Bonchev–Trinajstić information content (AvgIpc) is 2.90. The first-order chi connectivity index (χ1) is 17.5. The molecular formula is C29H36N4O3. The molecule has 7 heteroatoms. The molecule has 0 spiro atoms. The molecule has 2 heterocycles. The number of amides is 1. The third kappa shape index (κ3) is 6.21. The molecule has 0 unspecified atom stereocenters. The van der Waals surface area contributed by atoms with Gasteiger partial charge in [0.15, 0.2) is 5.82 Å². The van der Waals surface area contributed by atoms with Crippen molar-refractivity contribution < 1.29 is 14.3 Å². The van der Waals surface area contributed by atoms with E-state index >= 15 is 0 Å². The van der Waals surface area contributed by atoms with Crippen LogP contribution in [0.25, 0.3) is 11.4 Å². The van der Waals surface area contributed by atoms with Gasteiger partial charge >= 0.3 is 0 Å². The van der Waals surface area contributed by atoms with Gasteiger partial charge in [0.1, 0.15) is 11.6 Å². The Morgan fingerprint density at radius 3 is 2.39 bits per heavy atom. The zero-order chi connectivity index (χ0) is 25.5. The van der Waals surface area contributed by atoms with Crippen molar-refractivity contribution in [3.63, 3.8) is 0 Å². The Labute approximate surface area is 214 Å². The number of carbonyl (C=O) groups is 1. The monoisotopic (exact) mass is 488 g/mol. The molecule has 0 saturated carbocycles. The fourth-order valence-corrected chi connectivity index (χ4v) is 4.56. The van der Waals surface area contributed by atoms with Gasteiger partial charge in [0.25, 0.3) is 0 Å². The van der Waals surface area contributed by atoms with Crippen LogP contribution in [0.4, 0.5) is 5.82 Å². The molecule has 3 aromatic rings. The molecule has 0 aliphatic carbocycles. The normalized spacial score (nSPS) is 13.8. The lowest BCUT2D eigenvalue weighted by atomic mass is 10.0. The van der Waals surface area contributed by atoms with E-state index in [0.717, 1.165) is 47.0 Å². The summed E-state index contributed by atoms with van der Waals surface area (Å²) < 4.78 is 11.0. The molecule has 1 amide bonds. The van der Waals surface area contributed by atoms with Crippen LogP contribution in [-0.2, 0) is 22.6 Å². The number of hydrogen-bond acceptors (Lipinski definition) is 6. The molecule has 1 aliphatic heterocycles. The van der Waals surface area contributed by atoms with Crippen molar-refractivity contribution in [2.24, 2.45) is 5.92 Å². The summed E-state index contributed by atoms with van der Waals surface area (Å²) in [7, 11) is 3.37. The zero-order valence-electron chi connectivity index (χ0n) is 21.7. The van der Waals surface area contributed by atoms with Gasteiger partial charge in [-0.3, -0.25) is 4.79 Å². The number of hydrogen-bond donors (Lipinski definition) is 0. The maximum absolute atomic E-state index is 12.7. The number of methoxy groups -OCH3 is 2. The summed E-state index contributed by atoms with van der Waals surface area (Å²) >= 11 is 0. The van der Waals surface area contributed by atoms with E-state index in [9.17, 15) is 4.79 Å². The van der Waals surface area contributed by atoms with E-state index in [0.29, 0.717) is 44.3 Å². The van der Waals surface area contributed by atoms with Crippen LogP contribution in [0.3, 0.4) is 0 Å². The van der Waals surface area contributed by atoms with Crippen LogP contribution >= 0.6 is 0 Å². The van der Waals surface area contributed by atoms with E-state index < -0.39 is 0 Å². The molecular weight excluding hydrogens is 452 g/mol. The van der Waals surface area contributed by atoms with Crippen molar-refractivity contribution in [2.45, 2.75) is 33.3 Å². The lowest BCUT2D eigenvalue weighted by Crippen LogP contribution is -2.49. The third-order valence-electron chi connectivity index (χ3n) is 6.41. The second-order valence-corrected chi connectivity index (χ2v) is 9.59. The largest absolute Gasteiger partial charge is 0.497 e.